The first-order valence-corrected chi connectivity index (χ1v) is 9.72. The van der Waals surface area contributed by atoms with Crippen LogP contribution in [0.2, 0.25) is 5.02 Å². The first kappa shape index (κ1) is 20.0. The maximum Gasteiger partial charge on any atom is 0.291 e. The highest BCUT2D eigenvalue weighted by Gasteiger charge is 2.19. The third-order valence-electron chi connectivity index (χ3n) is 3.93. The number of furan rings is 1. The van der Waals surface area contributed by atoms with E-state index in [1.807, 2.05) is 13.0 Å². The molecule has 0 aliphatic heterocycles. The summed E-state index contributed by atoms with van der Waals surface area (Å²) >= 11 is 7.16. The number of thiophene rings is 1. The van der Waals surface area contributed by atoms with Crippen molar-refractivity contribution >= 4 is 39.8 Å². The van der Waals surface area contributed by atoms with Gasteiger partial charge in [0.05, 0.1) is 22.7 Å². The number of amides is 2. The predicted molar refractivity (Wildman–Crippen MR) is 110 cm³/mol. The monoisotopic (exact) mass is 418 g/mol. The first-order chi connectivity index (χ1) is 13.4. The quantitative estimate of drug-likeness (QED) is 0.603. The van der Waals surface area contributed by atoms with E-state index >= 15 is 0 Å². The molecule has 0 aliphatic rings. The lowest BCUT2D eigenvalue weighted by Gasteiger charge is -2.17. The number of aryl methyl sites for hydroxylation is 1. The second-order valence-corrected chi connectivity index (χ2v) is 7.58. The zero-order valence-electron chi connectivity index (χ0n) is 15.4. The fourth-order valence-corrected chi connectivity index (χ4v) is 3.71. The lowest BCUT2D eigenvalue weighted by atomic mass is 10.2. The van der Waals surface area contributed by atoms with Gasteiger partial charge < -0.3 is 19.4 Å². The van der Waals surface area contributed by atoms with E-state index in [1.54, 1.807) is 48.3 Å². The van der Waals surface area contributed by atoms with Crippen LogP contribution in [0.1, 0.15) is 25.8 Å². The van der Waals surface area contributed by atoms with E-state index in [1.165, 1.54) is 17.6 Å². The van der Waals surface area contributed by atoms with Crippen molar-refractivity contribution in [3.63, 3.8) is 0 Å². The fraction of sp³-hybridized carbons (Fsp3) is 0.200. The minimum absolute atomic E-state index is 0.129. The Morgan fingerprint density at radius 3 is 2.79 bits per heavy atom. The molecule has 0 unspecified atom stereocenters. The standard InChI is InChI=1S/C20H19ClN2O4S/c1-13-11-17(22-19(24)16-7-4-9-27-16)28-18(13)20(25)23(2)8-10-26-15-6-3-5-14(21)12-15/h3-7,9,11-12H,8,10H2,1-2H3,(H,22,24). The van der Waals surface area contributed by atoms with E-state index < -0.39 is 0 Å². The molecule has 28 heavy (non-hydrogen) atoms. The van der Waals surface area contributed by atoms with E-state index in [-0.39, 0.29) is 17.6 Å². The van der Waals surface area contributed by atoms with Crippen LogP contribution in [-0.4, -0.2) is 36.9 Å². The van der Waals surface area contributed by atoms with Gasteiger partial charge in [-0.1, -0.05) is 17.7 Å². The van der Waals surface area contributed by atoms with Gasteiger partial charge in [-0.25, -0.2) is 0 Å². The summed E-state index contributed by atoms with van der Waals surface area (Å²) in [6.45, 7) is 2.59. The number of ether oxygens (including phenoxy) is 1. The predicted octanol–water partition coefficient (Wildman–Crippen LogP) is 4.71. The number of hydrogen-bond donors (Lipinski definition) is 1. The normalized spacial score (nSPS) is 10.5. The average molecular weight is 419 g/mol. The highest BCUT2D eigenvalue weighted by Crippen LogP contribution is 2.28. The van der Waals surface area contributed by atoms with Gasteiger partial charge >= 0.3 is 0 Å². The summed E-state index contributed by atoms with van der Waals surface area (Å²) in [4.78, 5) is 27.0. The van der Waals surface area contributed by atoms with Gasteiger partial charge in [-0.3, -0.25) is 9.59 Å². The molecule has 146 valence electrons. The lowest BCUT2D eigenvalue weighted by Crippen LogP contribution is -2.30. The highest BCUT2D eigenvalue weighted by atomic mass is 35.5. The van der Waals surface area contributed by atoms with Crippen molar-refractivity contribution in [2.75, 3.05) is 25.5 Å². The zero-order chi connectivity index (χ0) is 20.1. The average Bonchev–Trinajstić information content (AvgIpc) is 3.31. The lowest BCUT2D eigenvalue weighted by molar-refractivity contribution is 0.0777. The molecular formula is C20H19ClN2O4S. The molecule has 6 nitrogen and oxygen atoms in total. The van der Waals surface area contributed by atoms with Gasteiger partial charge in [0.15, 0.2) is 5.76 Å². The van der Waals surface area contributed by atoms with Gasteiger partial charge in [0.2, 0.25) is 0 Å². The van der Waals surface area contributed by atoms with Crippen LogP contribution >= 0.6 is 22.9 Å². The molecule has 0 atom stereocenters. The molecule has 2 amide bonds. The van der Waals surface area contributed by atoms with Crippen LogP contribution in [0.5, 0.6) is 5.75 Å². The number of nitrogens with one attached hydrogen (secondary N) is 1. The Labute approximate surface area is 171 Å². The van der Waals surface area contributed by atoms with Crippen LogP contribution in [0.4, 0.5) is 5.00 Å². The third kappa shape index (κ3) is 4.94. The molecule has 0 bridgehead atoms. The van der Waals surface area contributed by atoms with Crippen LogP contribution in [0.3, 0.4) is 0 Å². The summed E-state index contributed by atoms with van der Waals surface area (Å²) in [5.74, 6) is 0.391. The molecule has 2 heterocycles. The summed E-state index contributed by atoms with van der Waals surface area (Å²) in [6, 6.07) is 12.1. The maximum absolute atomic E-state index is 12.7. The molecule has 0 saturated heterocycles. The summed E-state index contributed by atoms with van der Waals surface area (Å²) in [6.07, 6.45) is 1.43. The number of carbonyl (C=O) groups excluding carboxylic acids is 2. The number of hydrogen-bond acceptors (Lipinski definition) is 5. The Morgan fingerprint density at radius 1 is 1.25 bits per heavy atom. The minimum Gasteiger partial charge on any atom is -0.492 e. The van der Waals surface area contributed by atoms with Gasteiger partial charge in [-0.15, -0.1) is 11.3 Å². The Bertz CT molecular complexity index is 969. The fourth-order valence-electron chi connectivity index (χ4n) is 2.47. The summed E-state index contributed by atoms with van der Waals surface area (Å²) in [7, 11) is 1.71. The molecular weight excluding hydrogens is 400 g/mol. The molecule has 8 heteroatoms. The van der Waals surface area contributed by atoms with Gasteiger partial charge in [0.1, 0.15) is 12.4 Å². The number of halogens is 1. The van der Waals surface area contributed by atoms with E-state index in [2.05, 4.69) is 5.32 Å². The van der Waals surface area contributed by atoms with Gasteiger partial charge in [-0.2, -0.15) is 0 Å². The van der Waals surface area contributed by atoms with Crippen molar-refractivity contribution in [2.24, 2.45) is 0 Å². The Morgan fingerprint density at radius 2 is 2.07 bits per heavy atom. The molecule has 0 fully saturated rings. The van der Waals surface area contributed by atoms with E-state index in [4.69, 9.17) is 20.8 Å². The van der Waals surface area contributed by atoms with Crippen LogP contribution in [-0.2, 0) is 0 Å². The topological polar surface area (TPSA) is 71.8 Å². The SMILES string of the molecule is Cc1cc(NC(=O)c2ccco2)sc1C(=O)N(C)CCOc1cccc(Cl)c1. The Balaban J connectivity index is 1.57. The molecule has 0 aliphatic carbocycles. The summed E-state index contributed by atoms with van der Waals surface area (Å²) in [5.41, 5.74) is 0.798. The Hall–Kier alpha value is -2.77. The maximum atomic E-state index is 12.7. The second-order valence-electron chi connectivity index (χ2n) is 6.09. The van der Waals surface area contributed by atoms with E-state index in [0.29, 0.717) is 33.8 Å². The largest absolute Gasteiger partial charge is 0.492 e. The molecule has 0 radical (unpaired) electrons. The second kappa shape index (κ2) is 8.95. The van der Waals surface area contributed by atoms with Crippen molar-refractivity contribution in [1.82, 2.24) is 4.90 Å². The number of benzene rings is 1. The van der Waals surface area contributed by atoms with E-state index in [9.17, 15) is 9.59 Å². The van der Waals surface area contributed by atoms with Crippen LogP contribution < -0.4 is 10.1 Å². The number of nitrogens with zero attached hydrogens (tertiary/aromatic N) is 1. The molecule has 0 spiro atoms. The Kier molecular flexibility index (Phi) is 6.38. The van der Waals surface area contributed by atoms with Crippen molar-refractivity contribution in [1.29, 1.82) is 0 Å². The van der Waals surface area contributed by atoms with Crippen molar-refractivity contribution in [3.05, 3.63) is 70.0 Å². The van der Waals surface area contributed by atoms with Crippen molar-refractivity contribution in [2.45, 2.75) is 6.92 Å². The van der Waals surface area contributed by atoms with Crippen LogP contribution in [0.25, 0.3) is 0 Å². The molecule has 3 rings (SSSR count). The van der Waals surface area contributed by atoms with Gasteiger partial charge in [-0.05, 0) is 48.9 Å². The molecule has 1 N–H and O–H groups in total. The number of anilines is 1. The highest BCUT2D eigenvalue weighted by molar-refractivity contribution is 7.18. The molecule has 0 saturated carbocycles. The number of rotatable bonds is 7. The number of likely N-dealkylation sites (N-methyl/N-ethyl adjacent to an activating group) is 1. The van der Waals surface area contributed by atoms with Crippen molar-refractivity contribution in [3.8, 4) is 5.75 Å². The van der Waals surface area contributed by atoms with Crippen molar-refractivity contribution < 1.29 is 18.7 Å². The van der Waals surface area contributed by atoms with Crippen LogP contribution in [0.15, 0.2) is 53.1 Å². The van der Waals surface area contributed by atoms with Crippen LogP contribution in [0, 0.1) is 6.92 Å². The number of carbonyl (C=O) groups is 2. The van der Waals surface area contributed by atoms with Gasteiger partial charge in [0, 0.05) is 12.1 Å². The van der Waals surface area contributed by atoms with Gasteiger partial charge in [0.25, 0.3) is 11.8 Å². The summed E-state index contributed by atoms with van der Waals surface area (Å²) < 4.78 is 10.7. The third-order valence-corrected chi connectivity index (χ3v) is 5.31. The molecule has 2 aromatic heterocycles. The first-order valence-electron chi connectivity index (χ1n) is 8.53. The van der Waals surface area contributed by atoms with E-state index in [0.717, 1.165) is 5.56 Å². The minimum atomic E-state index is -0.353. The smallest absolute Gasteiger partial charge is 0.291 e. The zero-order valence-corrected chi connectivity index (χ0v) is 17.0. The molecule has 1 aromatic carbocycles. The summed E-state index contributed by atoms with van der Waals surface area (Å²) in [5, 5.41) is 3.93. The molecule has 3 aromatic rings.